The summed E-state index contributed by atoms with van der Waals surface area (Å²) in [5, 5.41) is 4.28. The molecule has 0 aliphatic heterocycles. The van der Waals surface area contributed by atoms with Crippen LogP contribution in [-0.2, 0) is 13.7 Å². The van der Waals surface area contributed by atoms with Crippen LogP contribution < -0.4 is 10.3 Å². The van der Waals surface area contributed by atoms with Crippen LogP contribution in [0.3, 0.4) is 0 Å². The number of aryl methyl sites for hydroxylation is 2. The first-order valence-corrected chi connectivity index (χ1v) is 10.5. The third-order valence-corrected chi connectivity index (χ3v) is 5.25. The SMILES string of the molecule is Cc1cc(OCc2ccn(C)n2)c(Cl)c(=O)n1-c1ccnc(-c2ccnc(C(C)C)n2)c1. The topological polar surface area (TPSA) is 87.7 Å². The minimum atomic E-state index is -0.370. The van der Waals surface area contributed by atoms with Crippen LogP contribution in [-0.4, -0.2) is 29.3 Å². The average Bonchev–Trinajstić information content (AvgIpc) is 3.20. The van der Waals surface area contributed by atoms with Crippen molar-refractivity contribution in [3.63, 3.8) is 0 Å². The minimum absolute atomic E-state index is 0.00836. The number of aromatic nitrogens is 6. The van der Waals surface area contributed by atoms with Crippen molar-refractivity contribution in [1.29, 1.82) is 0 Å². The highest BCUT2D eigenvalue weighted by molar-refractivity contribution is 6.31. The maximum atomic E-state index is 13.1. The lowest BCUT2D eigenvalue weighted by Crippen LogP contribution is -2.22. The molecule has 9 heteroatoms. The number of rotatable bonds is 6. The third kappa shape index (κ3) is 4.40. The molecule has 8 nitrogen and oxygen atoms in total. The number of nitrogens with zero attached hydrogens (tertiary/aromatic N) is 6. The zero-order chi connectivity index (χ0) is 22.8. The molecule has 0 bridgehead atoms. The molecular formula is C23H23ClN6O2. The lowest BCUT2D eigenvalue weighted by atomic mass is 10.2. The van der Waals surface area contributed by atoms with Crippen molar-refractivity contribution in [2.75, 3.05) is 0 Å². The van der Waals surface area contributed by atoms with Crippen molar-refractivity contribution < 1.29 is 4.74 Å². The van der Waals surface area contributed by atoms with Gasteiger partial charge >= 0.3 is 0 Å². The Labute approximate surface area is 190 Å². The van der Waals surface area contributed by atoms with Gasteiger partial charge in [-0.1, -0.05) is 25.4 Å². The third-order valence-electron chi connectivity index (χ3n) is 4.90. The van der Waals surface area contributed by atoms with Gasteiger partial charge in [-0.05, 0) is 31.2 Å². The number of hydrogen-bond acceptors (Lipinski definition) is 6. The molecule has 4 aromatic rings. The first-order chi connectivity index (χ1) is 15.3. The largest absolute Gasteiger partial charge is 0.485 e. The van der Waals surface area contributed by atoms with Gasteiger partial charge in [0, 0.05) is 43.3 Å². The number of ether oxygens (including phenoxy) is 1. The van der Waals surface area contributed by atoms with E-state index in [0.29, 0.717) is 28.5 Å². The summed E-state index contributed by atoms with van der Waals surface area (Å²) in [6, 6.07) is 8.96. The highest BCUT2D eigenvalue weighted by Crippen LogP contribution is 2.25. The molecule has 0 fully saturated rings. The van der Waals surface area contributed by atoms with E-state index in [0.717, 1.165) is 11.5 Å². The molecule has 0 atom stereocenters. The molecule has 0 unspecified atom stereocenters. The van der Waals surface area contributed by atoms with Gasteiger partial charge in [-0.15, -0.1) is 0 Å². The first-order valence-electron chi connectivity index (χ1n) is 10.2. The van der Waals surface area contributed by atoms with Crippen LogP contribution in [0.25, 0.3) is 17.1 Å². The van der Waals surface area contributed by atoms with Crippen molar-refractivity contribution in [2.24, 2.45) is 7.05 Å². The summed E-state index contributed by atoms with van der Waals surface area (Å²) in [4.78, 5) is 26.4. The summed E-state index contributed by atoms with van der Waals surface area (Å²) in [5.41, 5.74) is 3.03. The Hall–Kier alpha value is -3.52. The normalized spacial score (nSPS) is 11.2. The van der Waals surface area contributed by atoms with Crippen molar-refractivity contribution >= 4 is 11.6 Å². The zero-order valence-corrected chi connectivity index (χ0v) is 19.0. The highest BCUT2D eigenvalue weighted by atomic mass is 35.5. The van der Waals surface area contributed by atoms with Crippen molar-refractivity contribution in [3.8, 4) is 22.8 Å². The minimum Gasteiger partial charge on any atom is -0.485 e. The zero-order valence-electron chi connectivity index (χ0n) is 18.3. The van der Waals surface area contributed by atoms with E-state index in [1.54, 1.807) is 35.3 Å². The maximum absolute atomic E-state index is 13.1. The van der Waals surface area contributed by atoms with E-state index in [9.17, 15) is 4.79 Å². The molecule has 4 rings (SSSR count). The van der Waals surface area contributed by atoms with Gasteiger partial charge in [0.05, 0.1) is 22.8 Å². The van der Waals surface area contributed by atoms with Gasteiger partial charge in [-0.3, -0.25) is 19.0 Å². The van der Waals surface area contributed by atoms with Gasteiger partial charge in [0.25, 0.3) is 5.56 Å². The molecule has 4 heterocycles. The van der Waals surface area contributed by atoms with Crippen LogP contribution >= 0.6 is 11.6 Å². The molecule has 0 saturated heterocycles. The second-order valence-electron chi connectivity index (χ2n) is 7.73. The Kier molecular flexibility index (Phi) is 6.05. The van der Waals surface area contributed by atoms with Crippen LogP contribution in [0, 0.1) is 6.92 Å². The van der Waals surface area contributed by atoms with Crippen LogP contribution in [0.4, 0.5) is 0 Å². The van der Waals surface area contributed by atoms with Crippen LogP contribution in [0.15, 0.2) is 53.7 Å². The number of halogens is 1. The summed E-state index contributed by atoms with van der Waals surface area (Å²) in [6.07, 6.45) is 5.19. The summed E-state index contributed by atoms with van der Waals surface area (Å²) in [6.45, 7) is 6.11. The fraction of sp³-hybridized carbons (Fsp3) is 0.261. The predicted octanol–water partition coefficient (Wildman–Crippen LogP) is 4.09. The fourth-order valence-electron chi connectivity index (χ4n) is 3.29. The number of hydrogen-bond donors (Lipinski definition) is 0. The van der Waals surface area contributed by atoms with Crippen molar-refractivity contribution in [3.05, 3.63) is 81.5 Å². The molecule has 164 valence electrons. The fourth-order valence-corrected chi connectivity index (χ4v) is 3.49. The van der Waals surface area contributed by atoms with Gasteiger partial charge in [0.2, 0.25) is 0 Å². The van der Waals surface area contributed by atoms with E-state index < -0.39 is 0 Å². The lowest BCUT2D eigenvalue weighted by molar-refractivity contribution is 0.299. The summed E-state index contributed by atoms with van der Waals surface area (Å²) >= 11 is 6.38. The van der Waals surface area contributed by atoms with Crippen LogP contribution in [0.5, 0.6) is 5.75 Å². The van der Waals surface area contributed by atoms with Crippen LogP contribution in [0.2, 0.25) is 5.02 Å². The van der Waals surface area contributed by atoms with Gasteiger partial charge in [0.1, 0.15) is 23.2 Å². The van der Waals surface area contributed by atoms with Gasteiger partial charge in [-0.25, -0.2) is 9.97 Å². The monoisotopic (exact) mass is 450 g/mol. The van der Waals surface area contributed by atoms with Gasteiger partial charge in [0.15, 0.2) is 0 Å². The maximum Gasteiger partial charge on any atom is 0.277 e. The molecule has 0 aliphatic rings. The summed E-state index contributed by atoms with van der Waals surface area (Å²) in [5.74, 6) is 1.25. The van der Waals surface area contributed by atoms with E-state index in [2.05, 4.69) is 20.1 Å². The molecule has 4 aromatic heterocycles. The average molecular weight is 451 g/mol. The molecule has 0 N–H and O–H groups in total. The van der Waals surface area contributed by atoms with Crippen molar-refractivity contribution in [2.45, 2.75) is 33.3 Å². The summed E-state index contributed by atoms with van der Waals surface area (Å²) < 4.78 is 8.99. The molecule has 0 amide bonds. The Morgan fingerprint density at radius 1 is 1.09 bits per heavy atom. The summed E-state index contributed by atoms with van der Waals surface area (Å²) in [7, 11) is 1.83. The quantitative estimate of drug-likeness (QED) is 0.439. The lowest BCUT2D eigenvalue weighted by Gasteiger charge is -2.14. The Morgan fingerprint density at radius 3 is 2.59 bits per heavy atom. The standard InChI is InChI=1S/C23H23ClN6O2/c1-14(2)22-26-9-6-18(27-22)19-12-17(5-8-25-19)30-15(3)11-20(21(24)23(30)31)32-13-16-7-10-29(4)28-16/h5-12,14H,13H2,1-4H3. The first kappa shape index (κ1) is 21.7. The van der Waals surface area contributed by atoms with E-state index in [4.69, 9.17) is 16.3 Å². The Morgan fingerprint density at radius 2 is 1.88 bits per heavy atom. The highest BCUT2D eigenvalue weighted by Gasteiger charge is 2.16. The molecule has 0 radical (unpaired) electrons. The van der Waals surface area contributed by atoms with Gasteiger partial charge in [-0.2, -0.15) is 5.10 Å². The Balaban J connectivity index is 1.68. The van der Waals surface area contributed by atoms with E-state index in [1.165, 1.54) is 4.57 Å². The molecular weight excluding hydrogens is 428 g/mol. The molecule has 32 heavy (non-hydrogen) atoms. The Bertz CT molecular complexity index is 1330. The van der Waals surface area contributed by atoms with Crippen LogP contribution in [0.1, 0.15) is 37.0 Å². The molecule has 0 saturated carbocycles. The van der Waals surface area contributed by atoms with Gasteiger partial charge < -0.3 is 4.74 Å². The molecule has 0 aromatic carbocycles. The van der Waals surface area contributed by atoms with E-state index in [1.807, 2.05) is 46.1 Å². The molecule has 0 aliphatic carbocycles. The van der Waals surface area contributed by atoms with E-state index in [-0.39, 0.29) is 23.1 Å². The number of pyridine rings is 2. The second-order valence-corrected chi connectivity index (χ2v) is 8.11. The second kappa shape index (κ2) is 8.92. The predicted molar refractivity (Wildman–Crippen MR) is 122 cm³/mol. The smallest absolute Gasteiger partial charge is 0.277 e. The van der Waals surface area contributed by atoms with E-state index >= 15 is 0 Å². The van der Waals surface area contributed by atoms with Crippen molar-refractivity contribution in [1.82, 2.24) is 29.3 Å². The molecule has 0 spiro atoms.